The Morgan fingerprint density at radius 3 is 2.57 bits per heavy atom. The summed E-state index contributed by atoms with van der Waals surface area (Å²) in [4.78, 5) is 24.4. The largest absolute Gasteiger partial charge is 0.462 e. The van der Waals surface area contributed by atoms with E-state index in [4.69, 9.17) is 9.47 Å². The molecule has 1 aromatic carbocycles. The van der Waals surface area contributed by atoms with Gasteiger partial charge in [0.2, 0.25) is 0 Å². The Morgan fingerprint density at radius 2 is 2.00 bits per heavy atom. The van der Waals surface area contributed by atoms with Gasteiger partial charge in [0, 0.05) is 22.8 Å². The van der Waals surface area contributed by atoms with E-state index < -0.39 is 0 Å². The molecule has 0 spiro atoms. The van der Waals surface area contributed by atoms with E-state index in [9.17, 15) is 9.59 Å². The van der Waals surface area contributed by atoms with Crippen molar-refractivity contribution < 1.29 is 19.1 Å². The smallest absolute Gasteiger partial charge is 0.348 e. The Balaban J connectivity index is 2.73. The molecule has 0 saturated heterocycles. The van der Waals surface area contributed by atoms with Crippen LogP contribution in [0.5, 0.6) is 0 Å². The van der Waals surface area contributed by atoms with Gasteiger partial charge < -0.3 is 9.47 Å². The van der Waals surface area contributed by atoms with Crippen LogP contribution in [0.4, 0.5) is 0 Å². The molecule has 0 aliphatic carbocycles. The van der Waals surface area contributed by atoms with Gasteiger partial charge >= 0.3 is 5.97 Å². The third kappa shape index (κ3) is 2.84. The molecule has 5 heteroatoms. The number of thiophene rings is 1. The van der Waals surface area contributed by atoms with Crippen LogP contribution in [-0.4, -0.2) is 25.5 Å². The van der Waals surface area contributed by atoms with Crippen molar-refractivity contribution in [3.63, 3.8) is 0 Å². The van der Waals surface area contributed by atoms with Gasteiger partial charge in [-0.15, -0.1) is 11.3 Å². The molecule has 1 heterocycles. The fourth-order valence-electron chi connectivity index (χ4n) is 2.38. The highest BCUT2D eigenvalue weighted by Crippen LogP contribution is 2.36. The number of fused-ring (bicyclic) bond motifs is 1. The Morgan fingerprint density at radius 1 is 1.29 bits per heavy atom. The molecular formula is C16H18O4S. The van der Waals surface area contributed by atoms with Crippen LogP contribution in [0.2, 0.25) is 0 Å². The maximum atomic E-state index is 12.1. The Kier molecular flexibility index (Phi) is 4.75. The summed E-state index contributed by atoms with van der Waals surface area (Å²) < 4.78 is 11.1. The van der Waals surface area contributed by atoms with Crippen molar-refractivity contribution in [2.75, 3.05) is 13.7 Å². The molecule has 0 bridgehead atoms. The second kappa shape index (κ2) is 6.37. The predicted molar refractivity (Wildman–Crippen MR) is 83.2 cm³/mol. The molecule has 0 atom stereocenters. The molecule has 0 aliphatic heterocycles. The van der Waals surface area contributed by atoms with Gasteiger partial charge in [-0.3, -0.25) is 4.79 Å². The van der Waals surface area contributed by atoms with Gasteiger partial charge in [0.25, 0.3) is 0 Å². The van der Waals surface area contributed by atoms with Crippen LogP contribution < -0.4 is 0 Å². The fraction of sp³-hybridized carbons (Fsp3) is 0.375. The number of hydrogen-bond donors (Lipinski definition) is 0. The zero-order chi connectivity index (χ0) is 15.6. The van der Waals surface area contributed by atoms with E-state index in [-0.39, 0.29) is 11.8 Å². The molecule has 0 N–H and O–H groups in total. The summed E-state index contributed by atoms with van der Waals surface area (Å²) >= 11 is 1.32. The van der Waals surface area contributed by atoms with Crippen LogP contribution in [0.3, 0.4) is 0 Å². The van der Waals surface area contributed by atoms with E-state index in [1.54, 1.807) is 20.1 Å². The summed E-state index contributed by atoms with van der Waals surface area (Å²) in [5.41, 5.74) is 2.46. The molecular weight excluding hydrogens is 288 g/mol. The summed E-state index contributed by atoms with van der Waals surface area (Å²) in [7, 11) is 1.62. The first-order chi connectivity index (χ1) is 10.0. The first-order valence-electron chi connectivity index (χ1n) is 6.73. The Bertz CT molecular complexity index is 700. The van der Waals surface area contributed by atoms with Gasteiger partial charge in [0.1, 0.15) is 4.88 Å². The Labute approximate surface area is 127 Å². The van der Waals surface area contributed by atoms with Gasteiger partial charge in [0.15, 0.2) is 5.78 Å². The minimum atomic E-state index is -0.339. The normalized spacial score (nSPS) is 10.9. The van der Waals surface area contributed by atoms with Crippen LogP contribution in [-0.2, 0) is 16.1 Å². The molecule has 21 heavy (non-hydrogen) atoms. The standard InChI is InChI=1S/C16H18O4S/c1-5-20-16(18)14-9(2)13-11(8-19-4)6-7-12(10(3)17)15(13)21-14/h6-7H,5,8H2,1-4H3. The Hall–Kier alpha value is -1.72. The summed E-state index contributed by atoms with van der Waals surface area (Å²) in [5, 5.41) is 0.928. The highest BCUT2D eigenvalue weighted by atomic mass is 32.1. The highest BCUT2D eigenvalue weighted by molar-refractivity contribution is 7.21. The van der Waals surface area contributed by atoms with E-state index in [1.165, 1.54) is 18.3 Å². The second-order valence-electron chi connectivity index (χ2n) is 4.74. The van der Waals surface area contributed by atoms with E-state index in [0.717, 1.165) is 21.2 Å². The van der Waals surface area contributed by atoms with Crippen LogP contribution >= 0.6 is 11.3 Å². The number of hydrogen-bond acceptors (Lipinski definition) is 5. The number of methoxy groups -OCH3 is 1. The molecule has 4 nitrogen and oxygen atoms in total. The number of benzene rings is 1. The van der Waals surface area contributed by atoms with E-state index in [0.29, 0.717) is 23.7 Å². The molecule has 0 aliphatic rings. The molecule has 0 amide bonds. The average molecular weight is 306 g/mol. The topological polar surface area (TPSA) is 52.6 Å². The van der Waals surface area contributed by atoms with Crippen molar-refractivity contribution in [3.05, 3.63) is 33.7 Å². The van der Waals surface area contributed by atoms with E-state index in [2.05, 4.69) is 0 Å². The van der Waals surface area contributed by atoms with Crippen molar-refractivity contribution in [2.24, 2.45) is 0 Å². The van der Waals surface area contributed by atoms with E-state index >= 15 is 0 Å². The van der Waals surface area contributed by atoms with E-state index in [1.807, 2.05) is 13.0 Å². The summed E-state index contributed by atoms with van der Waals surface area (Å²) in [6.07, 6.45) is 0. The number of ketones is 1. The third-order valence-corrected chi connectivity index (χ3v) is 4.61. The third-order valence-electron chi connectivity index (χ3n) is 3.30. The molecule has 0 unspecified atom stereocenters. The molecule has 112 valence electrons. The zero-order valence-corrected chi connectivity index (χ0v) is 13.4. The fourth-order valence-corrected chi connectivity index (χ4v) is 3.69. The van der Waals surface area contributed by atoms with Gasteiger partial charge in [-0.05, 0) is 38.0 Å². The maximum Gasteiger partial charge on any atom is 0.348 e. The lowest BCUT2D eigenvalue weighted by atomic mass is 10.0. The number of rotatable bonds is 5. The average Bonchev–Trinajstić information content (AvgIpc) is 2.78. The lowest BCUT2D eigenvalue weighted by Crippen LogP contribution is -2.03. The maximum absolute atomic E-state index is 12.1. The van der Waals surface area contributed by atoms with Gasteiger partial charge in [-0.1, -0.05) is 6.07 Å². The predicted octanol–water partition coefficient (Wildman–Crippen LogP) is 3.74. The van der Waals surface area contributed by atoms with Crippen molar-refractivity contribution in [1.29, 1.82) is 0 Å². The van der Waals surface area contributed by atoms with Crippen LogP contribution in [0.15, 0.2) is 12.1 Å². The van der Waals surface area contributed by atoms with Crippen LogP contribution in [0.25, 0.3) is 10.1 Å². The number of aryl methyl sites for hydroxylation is 1. The van der Waals surface area contributed by atoms with Gasteiger partial charge in [0.05, 0.1) is 13.2 Å². The van der Waals surface area contributed by atoms with Crippen molar-refractivity contribution in [1.82, 2.24) is 0 Å². The summed E-state index contributed by atoms with van der Waals surface area (Å²) in [6.45, 7) is 5.96. The molecule has 0 fully saturated rings. The second-order valence-corrected chi connectivity index (χ2v) is 5.76. The number of Topliss-reactive ketones (excluding diaryl/α,β-unsaturated/α-hetero) is 1. The highest BCUT2D eigenvalue weighted by Gasteiger charge is 2.21. The van der Waals surface area contributed by atoms with Crippen LogP contribution in [0, 0.1) is 6.92 Å². The van der Waals surface area contributed by atoms with Gasteiger partial charge in [-0.2, -0.15) is 0 Å². The first kappa shape index (κ1) is 15.7. The van der Waals surface area contributed by atoms with Gasteiger partial charge in [-0.25, -0.2) is 4.79 Å². The minimum Gasteiger partial charge on any atom is -0.462 e. The number of ether oxygens (including phenoxy) is 2. The zero-order valence-electron chi connectivity index (χ0n) is 12.6. The lowest BCUT2D eigenvalue weighted by Gasteiger charge is -2.06. The quantitative estimate of drug-likeness (QED) is 0.624. The molecule has 0 radical (unpaired) electrons. The summed E-state index contributed by atoms with van der Waals surface area (Å²) in [6, 6.07) is 3.68. The van der Waals surface area contributed by atoms with Crippen molar-refractivity contribution >= 4 is 33.2 Å². The number of carbonyl (C=O) groups excluding carboxylic acids is 2. The van der Waals surface area contributed by atoms with Crippen molar-refractivity contribution in [2.45, 2.75) is 27.4 Å². The SMILES string of the molecule is CCOC(=O)c1sc2c(C(C)=O)ccc(COC)c2c1C. The lowest BCUT2D eigenvalue weighted by molar-refractivity contribution is 0.0531. The summed E-state index contributed by atoms with van der Waals surface area (Å²) in [5.74, 6) is -0.352. The monoisotopic (exact) mass is 306 g/mol. The number of esters is 1. The minimum absolute atomic E-state index is 0.0133. The first-order valence-corrected chi connectivity index (χ1v) is 7.54. The molecule has 0 saturated carbocycles. The molecule has 1 aromatic heterocycles. The molecule has 2 aromatic rings. The van der Waals surface area contributed by atoms with Crippen LogP contribution in [0.1, 0.15) is 45.0 Å². The molecule has 2 rings (SSSR count). The number of carbonyl (C=O) groups is 2. The van der Waals surface area contributed by atoms with Crippen molar-refractivity contribution in [3.8, 4) is 0 Å².